The Hall–Kier alpha value is -0.970. The van der Waals surface area contributed by atoms with Crippen LogP contribution in [0.3, 0.4) is 0 Å². The Bertz CT molecular complexity index is 362. The van der Waals surface area contributed by atoms with E-state index < -0.39 is 0 Å². The monoisotopic (exact) mass is 252 g/mol. The zero-order chi connectivity index (χ0) is 12.1. The summed E-state index contributed by atoms with van der Waals surface area (Å²) in [5, 5.41) is 0. The molecule has 1 aliphatic heterocycles. The summed E-state index contributed by atoms with van der Waals surface area (Å²) in [5.74, 6) is 4.13. The lowest BCUT2D eigenvalue weighted by molar-refractivity contribution is 0.782. The molecule has 2 N–H and O–H groups in total. The van der Waals surface area contributed by atoms with Crippen molar-refractivity contribution in [2.24, 2.45) is 0 Å². The minimum atomic E-state index is 0.647. The van der Waals surface area contributed by atoms with Gasteiger partial charge >= 0.3 is 0 Å². The summed E-state index contributed by atoms with van der Waals surface area (Å²) in [6, 6.07) is 0. The van der Waals surface area contributed by atoms with Crippen molar-refractivity contribution in [3.8, 4) is 0 Å². The summed E-state index contributed by atoms with van der Waals surface area (Å²) >= 11 is 2.02. The molecule has 17 heavy (non-hydrogen) atoms. The van der Waals surface area contributed by atoms with E-state index >= 15 is 0 Å². The third-order valence-electron chi connectivity index (χ3n) is 2.98. The van der Waals surface area contributed by atoms with Gasteiger partial charge in [0, 0.05) is 24.4 Å². The van der Waals surface area contributed by atoms with Crippen molar-refractivity contribution in [2.75, 3.05) is 35.2 Å². The molecule has 1 saturated heterocycles. The Kier molecular flexibility index (Phi) is 4.48. The maximum absolute atomic E-state index is 5.97. The van der Waals surface area contributed by atoms with Crippen LogP contribution in [-0.2, 0) is 6.42 Å². The maximum Gasteiger partial charge on any atom is 0.137 e. The van der Waals surface area contributed by atoms with Crippen molar-refractivity contribution in [1.82, 2.24) is 9.97 Å². The lowest BCUT2D eigenvalue weighted by Crippen LogP contribution is -2.28. The van der Waals surface area contributed by atoms with Gasteiger partial charge < -0.3 is 10.6 Å². The minimum absolute atomic E-state index is 0.647. The van der Waals surface area contributed by atoms with Crippen molar-refractivity contribution < 1.29 is 0 Å². The minimum Gasteiger partial charge on any atom is -0.383 e. The molecule has 0 unspecified atom stereocenters. The molecule has 2 rings (SSSR count). The van der Waals surface area contributed by atoms with Crippen molar-refractivity contribution in [3.05, 3.63) is 11.9 Å². The van der Waals surface area contributed by atoms with Gasteiger partial charge in [-0.25, -0.2) is 9.97 Å². The van der Waals surface area contributed by atoms with Crippen molar-refractivity contribution >= 4 is 23.4 Å². The van der Waals surface area contributed by atoms with Crippen molar-refractivity contribution in [1.29, 1.82) is 0 Å². The molecule has 2 heterocycles. The predicted molar refractivity (Wildman–Crippen MR) is 74.6 cm³/mol. The Morgan fingerprint density at radius 1 is 1.35 bits per heavy atom. The normalized spacial score (nSPS) is 16.9. The van der Waals surface area contributed by atoms with Crippen LogP contribution >= 0.6 is 11.8 Å². The molecule has 0 aliphatic carbocycles. The van der Waals surface area contributed by atoms with E-state index in [4.69, 9.17) is 5.73 Å². The van der Waals surface area contributed by atoms with Gasteiger partial charge in [-0.1, -0.05) is 13.3 Å². The van der Waals surface area contributed by atoms with E-state index in [1.807, 2.05) is 11.8 Å². The largest absolute Gasteiger partial charge is 0.383 e. The molecule has 0 atom stereocenters. The van der Waals surface area contributed by atoms with Crippen LogP contribution in [-0.4, -0.2) is 34.6 Å². The summed E-state index contributed by atoms with van der Waals surface area (Å²) in [5.41, 5.74) is 7.10. The molecule has 0 saturated carbocycles. The van der Waals surface area contributed by atoms with E-state index in [1.54, 1.807) is 6.33 Å². The van der Waals surface area contributed by atoms with Gasteiger partial charge in [-0.3, -0.25) is 0 Å². The zero-order valence-corrected chi connectivity index (χ0v) is 11.2. The second kappa shape index (κ2) is 6.10. The molecule has 1 fully saturated rings. The number of hydrogen-bond acceptors (Lipinski definition) is 5. The number of aromatic nitrogens is 2. The molecule has 1 aromatic heterocycles. The smallest absolute Gasteiger partial charge is 0.137 e. The number of anilines is 2. The van der Waals surface area contributed by atoms with Gasteiger partial charge in [-0.15, -0.1) is 0 Å². The van der Waals surface area contributed by atoms with Crippen LogP contribution in [0.1, 0.15) is 25.3 Å². The van der Waals surface area contributed by atoms with Gasteiger partial charge in [-0.05, 0) is 18.6 Å². The van der Waals surface area contributed by atoms with Crippen LogP contribution in [0, 0.1) is 0 Å². The second-order valence-corrected chi connectivity index (χ2v) is 5.49. The fraction of sp³-hybridized carbons (Fsp3) is 0.667. The first kappa shape index (κ1) is 12.5. The maximum atomic E-state index is 5.97. The van der Waals surface area contributed by atoms with Crippen LogP contribution in [0.25, 0.3) is 0 Å². The average Bonchev–Trinajstić information content (AvgIpc) is 2.60. The fourth-order valence-corrected chi connectivity index (χ4v) is 3.02. The Morgan fingerprint density at radius 2 is 2.24 bits per heavy atom. The van der Waals surface area contributed by atoms with Gasteiger partial charge in [0.25, 0.3) is 0 Å². The summed E-state index contributed by atoms with van der Waals surface area (Å²) < 4.78 is 0. The van der Waals surface area contributed by atoms with Crippen LogP contribution in [0.15, 0.2) is 6.33 Å². The standard InChI is InChI=1S/C12H20N4S/c1-2-4-10-11(13)14-9-15-12(10)16-5-3-7-17-8-6-16/h9H,2-8H2,1H3,(H2,13,14,15). The van der Waals surface area contributed by atoms with E-state index in [1.165, 1.54) is 17.9 Å². The van der Waals surface area contributed by atoms with E-state index in [9.17, 15) is 0 Å². The Labute approximate surface area is 107 Å². The van der Waals surface area contributed by atoms with Gasteiger partial charge in [0.05, 0.1) is 0 Å². The van der Waals surface area contributed by atoms with Gasteiger partial charge in [0.15, 0.2) is 0 Å². The molecular weight excluding hydrogens is 232 g/mol. The number of rotatable bonds is 3. The first-order chi connectivity index (χ1) is 8.33. The second-order valence-electron chi connectivity index (χ2n) is 4.26. The lowest BCUT2D eigenvalue weighted by Gasteiger charge is -2.24. The highest BCUT2D eigenvalue weighted by Crippen LogP contribution is 2.25. The highest BCUT2D eigenvalue weighted by atomic mass is 32.2. The highest BCUT2D eigenvalue weighted by Gasteiger charge is 2.16. The SMILES string of the molecule is CCCc1c(N)ncnc1N1CCCSCC1. The first-order valence-electron chi connectivity index (χ1n) is 6.25. The van der Waals surface area contributed by atoms with E-state index in [0.717, 1.165) is 37.3 Å². The molecule has 0 aromatic carbocycles. The number of nitrogens with zero attached hydrogens (tertiary/aromatic N) is 3. The topological polar surface area (TPSA) is 55.0 Å². The predicted octanol–water partition coefficient (Wildman–Crippen LogP) is 1.95. The number of hydrogen-bond donors (Lipinski definition) is 1. The molecule has 94 valence electrons. The van der Waals surface area contributed by atoms with Gasteiger partial charge in [0.1, 0.15) is 18.0 Å². The van der Waals surface area contributed by atoms with Crippen molar-refractivity contribution in [3.63, 3.8) is 0 Å². The van der Waals surface area contributed by atoms with Crippen LogP contribution in [0.5, 0.6) is 0 Å². The molecule has 0 amide bonds. The summed E-state index contributed by atoms with van der Waals surface area (Å²) in [7, 11) is 0. The average molecular weight is 252 g/mol. The zero-order valence-electron chi connectivity index (χ0n) is 10.4. The molecule has 1 aromatic rings. The number of nitrogens with two attached hydrogens (primary N) is 1. The van der Waals surface area contributed by atoms with Crippen molar-refractivity contribution in [2.45, 2.75) is 26.2 Å². The Morgan fingerprint density at radius 3 is 3.06 bits per heavy atom. The van der Waals surface area contributed by atoms with E-state index in [0.29, 0.717) is 5.82 Å². The van der Waals surface area contributed by atoms with Crippen LogP contribution in [0.4, 0.5) is 11.6 Å². The quantitative estimate of drug-likeness (QED) is 0.891. The molecule has 0 radical (unpaired) electrons. The van der Waals surface area contributed by atoms with E-state index in [2.05, 4.69) is 21.8 Å². The fourth-order valence-electron chi connectivity index (χ4n) is 2.14. The summed E-state index contributed by atoms with van der Waals surface area (Å²) in [4.78, 5) is 10.9. The van der Waals surface area contributed by atoms with Gasteiger partial charge in [-0.2, -0.15) is 11.8 Å². The molecular formula is C12H20N4S. The molecule has 0 bridgehead atoms. The molecule has 1 aliphatic rings. The third kappa shape index (κ3) is 3.03. The lowest BCUT2D eigenvalue weighted by atomic mass is 10.1. The number of thioether (sulfide) groups is 1. The number of nitrogen functional groups attached to an aromatic ring is 1. The third-order valence-corrected chi connectivity index (χ3v) is 4.03. The summed E-state index contributed by atoms with van der Waals surface area (Å²) in [6.45, 7) is 4.31. The van der Waals surface area contributed by atoms with E-state index in [-0.39, 0.29) is 0 Å². The molecule has 0 spiro atoms. The molecule has 5 heteroatoms. The highest BCUT2D eigenvalue weighted by molar-refractivity contribution is 7.99. The van der Waals surface area contributed by atoms with Crippen LogP contribution < -0.4 is 10.6 Å². The van der Waals surface area contributed by atoms with Crippen LogP contribution in [0.2, 0.25) is 0 Å². The first-order valence-corrected chi connectivity index (χ1v) is 7.40. The Balaban J connectivity index is 2.25. The molecule has 4 nitrogen and oxygen atoms in total. The van der Waals surface area contributed by atoms with Gasteiger partial charge in [0.2, 0.25) is 0 Å². The summed E-state index contributed by atoms with van der Waals surface area (Å²) in [6.07, 6.45) is 4.85.